The predicted molar refractivity (Wildman–Crippen MR) is 85.6 cm³/mol. The lowest BCUT2D eigenvalue weighted by Crippen LogP contribution is -2.27. The number of hydrogen-bond donors (Lipinski definition) is 1. The molecule has 0 saturated heterocycles. The molecule has 0 amide bonds. The first kappa shape index (κ1) is 14.2. The van der Waals surface area contributed by atoms with Crippen molar-refractivity contribution in [3.63, 3.8) is 0 Å². The Hall–Kier alpha value is -1.77. The van der Waals surface area contributed by atoms with E-state index < -0.39 is 5.60 Å². The highest BCUT2D eigenvalue weighted by Gasteiger charge is 2.31. The van der Waals surface area contributed by atoms with Gasteiger partial charge in [-0.1, -0.05) is 61.0 Å². The molecule has 3 aromatic rings. The largest absolute Gasteiger partial charge is 0.456 e. The van der Waals surface area contributed by atoms with Crippen molar-refractivity contribution < 1.29 is 9.52 Å². The van der Waals surface area contributed by atoms with Gasteiger partial charge < -0.3 is 9.52 Å². The molecule has 0 aliphatic carbocycles. The molecule has 0 aliphatic heterocycles. The fourth-order valence-electron chi connectivity index (χ4n) is 2.58. The number of benzene rings is 2. The van der Waals surface area contributed by atoms with Crippen LogP contribution in [0.5, 0.6) is 0 Å². The van der Waals surface area contributed by atoms with Crippen molar-refractivity contribution in [2.24, 2.45) is 0 Å². The van der Waals surface area contributed by atoms with Gasteiger partial charge in [-0.2, -0.15) is 0 Å². The summed E-state index contributed by atoms with van der Waals surface area (Å²) >= 11 is 6.15. The van der Waals surface area contributed by atoms with Crippen LogP contribution in [0.4, 0.5) is 0 Å². The number of hydrogen-bond acceptors (Lipinski definition) is 2. The van der Waals surface area contributed by atoms with E-state index >= 15 is 0 Å². The normalized spacial score (nSPS) is 14.2. The SMILES string of the molecule is CCC(O)(Cc1ccccc1)c1cc2cccc(Cl)c2o1. The number of furan rings is 1. The van der Waals surface area contributed by atoms with E-state index in [2.05, 4.69) is 0 Å². The van der Waals surface area contributed by atoms with Gasteiger partial charge in [-0.25, -0.2) is 0 Å². The molecule has 2 nitrogen and oxygen atoms in total. The zero-order chi connectivity index (χ0) is 14.9. The standard InChI is InChI=1S/C18H17ClO2/c1-2-18(20,12-13-7-4-3-5-8-13)16-11-14-9-6-10-15(19)17(14)21-16/h3-11,20H,2,12H2,1H3. The minimum atomic E-state index is -1.02. The van der Waals surface area contributed by atoms with Gasteiger partial charge >= 0.3 is 0 Å². The summed E-state index contributed by atoms with van der Waals surface area (Å²) in [6, 6.07) is 17.4. The second kappa shape index (κ2) is 5.55. The Morgan fingerprint density at radius 1 is 1.10 bits per heavy atom. The minimum Gasteiger partial charge on any atom is -0.456 e. The zero-order valence-corrected chi connectivity index (χ0v) is 12.6. The van der Waals surface area contributed by atoms with E-state index in [1.165, 1.54) is 0 Å². The molecular weight excluding hydrogens is 284 g/mol. The summed E-state index contributed by atoms with van der Waals surface area (Å²) in [5.74, 6) is 0.567. The first-order valence-electron chi connectivity index (χ1n) is 7.07. The van der Waals surface area contributed by atoms with Gasteiger partial charge in [-0.3, -0.25) is 0 Å². The van der Waals surface area contributed by atoms with Crippen LogP contribution in [-0.2, 0) is 12.0 Å². The summed E-state index contributed by atoms with van der Waals surface area (Å²) < 4.78 is 5.85. The first-order valence-corrected chi connectivity index (χ1v) is 7.45. The third kappa shape index (κ3) is 2.69. The molecule has 0 spiro atoms. The van der Waals surface area contributed by atoms with Crippen LogP contribution in [0.3, 0.4) is 0 Å². The predicted octanol–water partition coefficient (Wildman–Crippen LogP) is 4.93. The molecule has 1 aromatic heterocycles. The molecule has 1 atom stereocenters. The average molecular weight is 301 g/mol. The van der Waals surface area contributed by atoms with Gasteiger partial charge in [0.05, 0.1) is 5.02 Å². The summed E-state index contributed by atoms with van der Waals surface area (Å²) in [6.07, 6.45) is 1.08. The van der Waals surface area contributed by atoms with E-state index in [1.54, 1.807) is 6.07 Å². The molecule has 1 unspecified atom stereocenters. The molecule has 108 valence electrons. The topological polar surface area (TPSA) is 33.4 Å². The van der Waals surface area contributed by atoms with E-state index in [1.807, 2.05) is 55.5 Å². The Labute approximate surface area is 129 Å². The van der Waals surface area contributed by atoms with Gasteiger partial charge in [0.25, 0.3) is 0 Å². The van der Waals surface area contributed by atoms with Crippen molar-refractivity contribution >= 4 is 22.6 Å². The Morgan fingerprint density at radius 2 is 1.86 bits per heavy atom. The summed E-state index contributed by atoms with van der Waals surface area (Å²) in [5.41, 5.74) is 0.687. The second-order valence-corrected chi connectivity index (χ2v) is 5.72. The van der Waals surface area contributed by atoms with Gasteiger partial charge in [-0.15, -0.1) is 0 Å². The Morgan fingerprint density at radius 3 is 2.52 bits per heavy atom. The lowest BCUT2D eigenvalue weighted by Gasteiger charge is -2.24. The van der Waals surface area contributed by atoms with Crippen LogP contribution in [-0.4, -0.2) is 5.11 Å². The lowest BCUT2D eigenvalue weighted by molar-refractivity contribution is 0.0124. The third-order valence-corrected chi connectivity index (χ3v) is 4.18. The molecule has 2 aromatic carbocycles. The molecule has 21 heavy (non-hydrogen) atoms. The summed E-state index contributed by atoms with van der Waals surface area (Å²) in [5, 5.41) is 12.5. The molecule has 0 aliphatic rings. The Bertz CT molecular complexity index is 748. The molecule has 1 heterocycles. The van der Waals surface area contributed by atoms with Crippen LogP contribution in [0.2, 0.25) is 5.02 Å². The van der Waals surface area contributed by atoms with E-state index in [4.69, 9.17) is 16.0 Å². The fraction of sp³-hybridized carbons (Fsp3) is 0.222. The third-order valence-electron chi connectivity index (χ3n) is 3.88. The van der Waals surface area contributed by atoms with Gasteiger partial charge in [0.2, 0.25) is 0 Å². The number of halogens is 1. The molecular formula is C18H17ClO2. The van der Waals surface area contributed by atoms with Crippen molar-refractivity contribution in [3.8, 4) is 0 Å². The van der Waals surface area contributed by atoms with Crippen LogP contribution in [0.15, 0.2) is 59.0 Å². The van der Waals surface area contributed by atoms with Gasteiger partial charge in [0.1, 0.15) is 11.4 Å². The molecule has 0 radical (unpaired) electrons. The molecule has 0 saturated carbocycles. The summed E-state index contributed by atoms with van der Waals surface area (Å²) in [4.78, 5) is 0. The minimum absolute atomic E-state index is 0.516. The van der Waals surface area contributed by atoms with Crippen LogP contribution in [0, 0.1) is 0 Å². The number of fused-ring (bicyclic) bond motifs is 1. The van der Waals surface area contributed by atoms with Crippen molar-refractivity contribution in [1.82, 2.24) is 0 Å². The maximum absolute atomic E-state index is 11.0. The maximum atomic E-state index is 11.0. The summed E-state index contributed by atoms with van der Waals surface area (Å²) in [6.45, 7) is 1.96. The van der Waals surface area contributed by atoms with Crippen LogP contribution >= 0.6 is 11.6 Å². The van der Waals surface area contributed by atoms with Gasteiger partial charge in [0, 0.05) is 11.8 Å². The molecule has 1 N–H and O–H groups in total. The highest BCUT2D eigenvalue weighted by molar-refractivity contribution is 6.34. The number of rotatable bonds is 4. The smallest absolute Gasteiger partial charge is 0.153 e. The molecule has 3 heteroatoms. The van der Waals surface area contributed by atoms with E-state index in [-0.39, 0.29) is 0 Å². The second-order valence-electron chi connectivity index (χ2n) is 5.32. The number of para-hydroxylation sites is 1. The monoisotopic (exact) mass is 300 g/mol. The molecule has 3 rings (SSSR count). The van der Waals surface area contributed by atoms with Gasteiger partial charge in [0.15, 0.2) is 5.58 Å². The maximum Gasteiger partial charge on any atom is 0.153 e. The number of aliphatic hydroxyl groups is 1. The molecule has 0 bridgehead atoms. The van der Waals surface area contributed by atoms with Crippen molar-refractivity contribution in [2.45, 2.75) is 25.4 Å². The van der Waals surface area contributed by atoms with Crippen molar-refractivity contribution in [3.05, 3.63) is 70.9 Å². The zero-order valence-electron chi connectivity index (χ0n) is 11.8. The first-order chi connectivity index (χ1) is 10.1. The quantitative estimate of drug-likeness (QED) is 0.741. The highest BCUT2D eigenvalue weighted by Crippen LogP contribution is 2.35. The van der Waals surface area contributed by atoms with Crippen LogP contribution in [0.25, 0.3) is 11.0 Å². The van der Waals surface area contributed by atoms with Crippen molar-refractivity contribution in [1.29, 1.82) is 0 Å². The Balaban J connectivity index is 2.02. The van der Waals surface area contributed by atoms with E-state index in [0.717, 1.165) is 10.9 Å². The van der Waals surface area contributed by atoms with Crippen molar-refractivity contribution in [2.75, 3.05) is 0 Å². The Kier molecular flexibility index (Phi) is 3.75. The molecule has 0 fully saturated rings. The van der Waals surface area contributed by atoms with E-state index in [0.29, 0.717) is 29.2 Å². The van der Waals surface area contributed by atoms with E-state index in [9.17, 15) is 5.11 Å². The van der Waals surface area contributed by atoms with Crippen LogP contribution in [0.1, 0.15) is 24.7 Å². The fourth-order valence-corrected chi connectivity index (χ4v) is 2.80. The van der Waals surface area contributed by atoms with Crippen LogP contribution < -0.4 is 0 Å². The van der Waals surface area contributed by atoms with Gasteiger partial charge in [-0.05, 0) is 24.1 Å². The highest BCUT2D eigenvalue weighted by atomic mass is 35.5. The average Bonchev–Trinajstić information content (AvgIpc) is 2.94. The summed E-state index contributed by atoms with van der Waals surface area (Å²) in [7, 11) is 0. The lowest BCUT2D eigenvalue weighted by atomic mass is 9.89.